The van der Waals surface area contributed by atoms with Crippen LogP contribution in [0.5, 0.6) is 5.75 Å². The molecule has 134 valence electrons. The van der Waals surface area contributed by atoms with Gasteiger partial charge < -0.3 is 15.8 Å². The van der Waals surface area contributed by atoms with Crippen molar-refractivity contribution in [3.63, 3.8) is 0 Å². The number of hydrogen-bond donors (Lipinski definition) is 2. The minimum absolute atomic E-state index is 0.470. The lowest BCUT2D eigenvalue weighted by Crippen LogP contribution is -2.33. The SMILES string of the molecule is NC(=NCc1cccc(OCc2ccccc2)c1)NCCc1cccs1. The Balaban J connectivity index is 1.46. The summed E-state index contributed by atoms with van der Waals surface area (Å²) in [7, 11) is 0. The summed E-state index contributed by atoms with van der Waals surface area (Å²) >= 11 is 1.75. The minimum atomic E-state index is 0.470. The monoisotopic (exact) mass is 365 g/mol. The van der Waals surface area contributed by atoms with Crippen molar-refractivity contribution in [2.45, 2.75) is 19.6 Å². The van der Waals surface area contributed by atoms with Crippen molar-refractivity contribution in [2.24, 2.45) is 10.7 Å². The highest BCUT2D eigenvalue weighted by molar-refractivity contribution is 7.09. The molecule has 1 heterocycles. The third-order valence-corrected chi connectivity index (χ3v) is 4.77. The zero-order valence-electron chi connectivity index (χ0n) is 14.6. The molecule has 5 heteroatoms. The molecule has 0 aliphatic rings. The van der Waals surface area contributed by atoms with Gasteiger partial charge in [0.05, 0.1) is 6.54 Å². The smallest absolute Gasteiger partial charge is 0.188 e. The lowest BCUT2D eigenvalue weighted by atomic mass is 10.2. The molecule has 3 rings (SSSR count). The van der Waals surface area contributed by atoms with Gasteiger partial charge in [0.1, 0.15) is 12.4 Å². The number of ether oxygens (including phenoxy) is 1. The van der Waals surface area contributed by atoms with E-state index in [4.69, 9.17) is 10.5 Å². The van der Waals surface area contributed by atoms with E-state index in [-0.39, 0.29) is 0 Å². The van der Waals surface area contributed by atoms with E-state index in [0.717, 1.165) is 29.8 Å². The van der Waals surface area contributed by atoms with Crippen LogP contribution >= 0.6 is 11.3 Å². The van der Waals surface area contributed by atoms with Gasteiger partial charge in [-0.3, -0.25) is 0 Å². The van der Waals surface area contributed by atoms with Gasteiger partial charge in [0.2, 0.25) is 0 Å². The Labute approximate surface area is 158 Å². The van der Waals surface area contributed by atoms with Crippen LogP contribution in [0, 0.1) is 0 Å². The molecule has 0 saturated heterocycles. The number of nitrogens with two attached hydrogens (primary N) is 1. The first-order chi connectivity index (χ1) is 12.8. The molecule has 0 radical (unpaired) electrons. The Bertz CT molecular complexity index is 816. The number of aliphatic imine (C=N–C) groups is 1. The maximum atomic E-state index is 5.94. The van der Waals surface area contributed by atoms with Crippen molar-refractivity contribution in [3.05, 3.63) is 88.1 Å². The molecule has 0 amide bonds. The summed E-state index contributed by atoms with van der Waals surface area (Å²) in [6, 6.07) is 22.3. The summed E-state index contributed by atoms with van der Waals surface area (Å²) in [6.07, 6.45) is 0.955. The van der Waals surface area contributed by atoms with Gasteiger partial charge in [-0.05, 0) is 41.1 Å². The fraction of sp³-hybridized carbons (Fsp3) is 0.190. The zero-order chi connectivity index (χ0) is 18.0. The molecule has 4 nitrogen and oxygen atoms in total. The van der Waals surface area contributed by atoms with Crippen molar-refractivity contribution in [1.82, 2.24) is 5.32 Å². The molecular formula is C21H23N3OS. The molecule has 0 spiro atoms. The van der Waals surface area contributed by atoms with Crippen LogP contribution in [-0.2, 0) is 19.6 Å². The fourth-order valence-corrected chi connectivity index (χ4v) is 3.18. The second kappa shape index (κ2) is 9.63. The first-order valence-electron chi connectivity index (χ1n) is 8.61. The van der Waals surface area contributed by atoms with Gasteiger partial charge in [-0.2, -0.15) is 0 Å². The first-order valence-corrected chi connectivity index (χ1v) is 9.49. The molecule has 2 aromatic carbocycles. The van der Waals surface area contributed by atoms with Crippen LogP contribution in [0.1, 0.15) is 16.0 Å². The van der Waals surface area contributed by atoms with Crippen molar-refractivity contribution in [2.75, 3.05) is 6.54 Å². The summed E-state index contributed by atoms with van der Waals surface area (Å²) in [5.74, 6) is 1.31. The summed E-state index contributed by atoms with van der Waals surface area (Å²) in [4.78, 5) is 5.75. The summed E-state index contributed by atoms with van der Waals surface area (Å²) in [5, 5.41) is 5.24. The summed E-state index contributed by atoms with van der Waals surface area (Å²) < 4.78 is 5.85. The number of guanidine groups is 1. The van der Waals surface area contributed by atoms with Crippen LogP contribution in [0.2, 0.25) is 0 Å². The topological polar surface area (TPSA) is 59.6 Å². The van der Waals surface area contributed by atoms with E-state index in [1.165, 1.54) is 4.88 Å². The predicted octanol–water partition coefficient (Wildman–Crippen LogP) is 3.97. The number of thiophene rings is 1. The van der Waals surface area contributed by atoms with Gasteiger partial charge in [0, 0.05) is 11.4 Å². The van der Waals surface area contributed by atoms with E-state index in [1.807, 2.05) is 42.5 Å². The zero-order valence-corrected chi connectivity index (χ0v) is 15.4. The minimum Gasteiger partial charge on any atom is -0.489 e. The van der Waals surface area contributed by atoms with Gasteiger partial charge in [0.25, 0.3) is 0 Å². The largest absolute Gasteiger partial charge is 0.489 e. The summed E-state index contributed by atoms with van der Waals surface area (Å²) in [5.41, 5.74) is 8.16. The summed E-state index contributed by atoms with van der Waals surface area (Å²) in [6.45, 7) is 1.87. The van der Waals surface area contributed by atoms with Gasteiger partial charge in [-0.15, -0.1) is 11.3 Å². The Kier molecular flexibility index (Phi) is 6.67. The van der Waals surface area contributed by atoms with Crippen molar-refractivity contribution in [1.29, 1.82) is 0 Å². The lowest BCUT2D eigenvalue weighted by molar-refractivity contribution is 0.306. The number of nitrogens with zero attached hydrogens (tertiary/aromatic N) is 1. The third kappa shape index (κ3) is 5.93. The highest BCUT2D eigenvalue weighted by atomic mass is 32.1. The Hall–Kier alpha value is -2.79. The van der Waals surface area contributed by atoms with Gasteiger partial charge in [-0.1, -0.05) is 48.5 Å². The van der Waals surface area contributed by atoms with Crippen molar-refractivity contribution >= 4 is 17.3 Å². The van der Waals surface area contributed by atoms with Crippen LogP contribution in [0.15, 0.2) is 77.1 Å². The van der Waals surface area contributed by atoms with Crippen LogP contribution in [0.25, 0.3) is 0 Å². The average Bonchev–Trinajstić information content (AvgIpc) is 3.19. The lowest BCUT2D eigenvalue weighted by Gasteiger charge is -2.08. The van der Waals surface area contributed by atoms with E-state index in [1.54, 1.807) is 11.3 Å². The van der Waals surface area contributed by atoms with E-state index in [2.05, 4.69) is 40.0 Å². The highest BCUT2D eigenvalue weighted by Gasteiger charge is 1.99. The van der Waals surface area contributed by atoms with Crippen LogP contribution < -0.4 is 15.8 Å². The quantitative estimate of drug-likeness (QED) is 0.469. The van der Waals surface area contributed by atoms with Crippen molar-refractivity contribution in [3.8, 4) is 5.75 Å². The van der Waals surface area contributed by atoms with Gasteiger partial charge >= 0.3 is 0 Å². The molecule has 1 aromatic heterocycles. The standard InChI is InChI=1S/C21H23N3OS/c22-21(23-12-11-20-10-5-13-26-20)24-15-18-8-4-9-19(14-18)25-16-17-6-2-1-3-7-17/h1-10,13-14H,11-12,15-16H2,(H3,22,23,24). The molecule has 0 aliphatic heterocycles. The van der Waals surface area contributed by atoms with E-state index < -0.39 is 0 Å². The van der Waals surface area contributed by atoms with E-state index >= 15 is 0 Å². The fourth-order valence-electron chi connectivity index (χ4n) is 2.48. The molecule has 0 saturated carbocycles. The molecule has 0 unspecified atom stereocenters. The third-order valence-electron chi connectivity index (χ3n) is 3.84. The molecule has 0 fully saturated rings. The van der Waals surface area contributed by atoms with Crippen LogP contribution in [-0.4, -0.2) is 12.5 Å². The Morgan fingerprint density at radius 3 is 2.65 bits per heavy atom. The van der Waals surface area contributed by atoms with Crippen molar-refractivity contribution < 1.29 is 4.74 Å². The number of nitrogens with one attached hydrogen (secondary N) is 1. The van der Waals surface area contributed by atoms with E-state index in [0.29, 0.717) is 19.1 Å². The molecule has 0 atom stereocenters. The second-order valence-corrected chi connectivity index (χ2v) is 6.91. The average molecular weight is 366 g/mol. The Morgan fingerprint density at radius 2 is 1.85 bits per heavy atom. The van der Waals surface area contributed by atoms with Crippen LogP contribution in [0.4, 0.5) is 0 Å². The predicted molar refractivity (Wildman–Crippen MR) is 109 cm³/mol. The van der Waals surface area contributed by atoms with Crippen LogP contribution in [0.3, 0.4) is 0 Å². The number of benzene rings is 2. The second-order valence-electron chi connectivity index (χ2n) is 5.88. The van der Waals surface area contributed by atoms with Gasteiger partial charge in [0.15, 0.2) is 5.96 Å². The molecule has 0 bridgehead atoms. The van der Waals surface area contributed by atoms with Gasteiger partial charge in [-0.25, -0.2) is 4.99 Å². The molecule has 3 N–H and O–H groups in total. The molecular weight excluding hydrogens is 342 g/mol. The number of hydrogen-bond acceptors (Lipinski definition) is 3. The maximum Gasteiger partial charge on any atom is 0.188 e. The highest BCUT2D eigenvalue weighted by Crippen LogP contribution is 2.16. The molecule has 26 heavy (non-hydrogen) atoms. The van der Waals surface area contributed by atoms with E-state index in [9.17, 15) is 0 Å². The Morgan fingerprint density at radius 1 is 1.00 bits per heavy atom. The first kappa shape index (κ1) is 18.0. The maximum absolute atomic E-state index is 5.94. The normalized spacial score (nSPS) is 11.3. The molecule has 3 aromatic rings. The molecule has 0 aliphatic carbocycles. The number of rotatable bonds is 8.